The molecule has 1 fully saturated rings. The molecule has 7 heteroatoms. The van der Waals surface area contributed by atoms with Crippen LogP contribution in [0.2, 0.25) is 0 Å². The van der Waals surface area contributed by atoms with Crippen molar-refractivity contribution in [3.8, 4) is 5.75 Å². The second kappa shape index (κ2) is 7.62. The molecule has 2 N–H and O–H groups in total. The summed E-state index contributed by atoms with van der Waals surface area (Å²) in [5.74, 6) is -1.38. The summed E-state index contributed by atoms with van der Waals surface area (Å²) in [6.07, 6.45) is 1.96. The lowest BCUT2D eigenvalue weighted by Crippen LogP contribution is -2.42. The van der Waals surface area contributed by atoms with Crippen LogP contribution in [-0.2, 0) is 14.4 Å². The van der Waals surface area contributed by atoms with Crippen molar-refractivity contribution < 1.29 is 19.1 Å². The van der Waals surface area contributed by atoms with Crippen LogP contribution in [0.4, 0.5) is 5.69 Å². The maximum absolute atomic E-state index is 11.9. The first kappa shape index (κ1) is 16.8. The Morgan fingerprint density at radius 2 is 1.87 bits per heavy atom. The van der Waals surface area contributed by atoms with E-state index in [0.29, 0.717) is 24.5 Å². The van der Waals surface area contributed by atoms with E-state index in [1.54, 1.807) is 17.0 Å². The Balaban J connectivity index is 1.88. The van der Waals surface area contributed by atoms with E-state index in [2.05, 4.69) is 10.6 Å². The van der Waals surface area contributed by atoms with Crippen LogP contribution < -0.4 is 15.4 Å². The Hall–Kier alpha value is -2.57. The topological polar surface area (TPSA) is 87.7 Å². The normalized spacial score (nSPS) is 13.6. The Morgan fingerprint density at radius 1 is 1.17 bits per heavy atom. The molecule has 1 aromatic rings. The predicted molar refractivity (Wildman–Crippen MR) is 85.2 cm³/mol. The molecule has 1 heterocycles. The Labute approximate surface area is 135 Å². The maximum atomic E-state index is 11.9. The molecule has 1 aromatic carbocycles. The Bertz CT molecular complexity index is 609. The van der Waals surface area contributed by atoms with Crippen molar-refractivity contribution in [1.29, 1.82) is 0 Å². The molecule has 7 nitrogen and oxygen atoms in total. The molecular weight excluding hydrogens is 298 g/mol. The Morgan fingerprint density at radius 3 is 2.52 bits per heavy atom. The van der Waals surface area contributed by atoms with Crippen LogP contribution in [0.15, 0.2) is 18.2 Å². The van der Waals surface area contributed by atoms with Gasteiger partial charge in [0.2, 0.25) is 5.91 Å². The van der Waals surface area contributed by atoms with Crippen molar-refractivity contribution in [3.05, 3.63) is 23.8 Å². The van der Waals surface area contributed by atoms with Gasteiger partial charge in [0, 0.05) is 13.1 Å². The van der Waals surface area contributed by atoms with Crippen molar-refractivity contribution in [1.82, 2.24) is 10.2 Å². The summed E-state index contributed by atoms with van der Waals surface area (Å²) < 4.78 is 5.14. The number of hydrogen-bond acceptors (Lipinski definition) is 4. The maximum Gasteiger partial charge on any atom is 0.313 e. The number of rotatable bonds is 4. The summed E-state index contributed by atoms with van der Waals surface area (Å²) in [4.78, 5) is 37.3. The van der Waals surface area contributed by atoms with Gasteiger partial charge in [0.15, 0.2) is 0 Å². The highest BCUT2D eigenvalue weighted by Crippen LogP contribution is 2.24. The van der Waals surface area contributed by atoms with Crippen LogP contribution in [0, 0.1) is 6.92 Å². The average Bonchev–Trinajstić information content (AvgIpc) is 3.07. The van der Waals surface area contributed by atoms with Gasteiger partial charge in [-0.15, -0.1) is 0 Å². The van der Waals surface area contributed by atoms with Gasteiger partial charge < -0.3 is 20.3 Å². The highest BCUT2D eigenvalue weighted by atomic mass is 16.5. The molecule has 0 atom stereocenters. The minimum Gasteiger partial charge on any atom is -0.495 e. The molecule has 0 bridgehead atoms. The van der Waals surface area contributed by atoms with Gasteiger partial charge in [-0.1, -0.05) is 6.07 Å². The summed E-state index contributed by atoms with van der Waals surface area (Å²) >= 11 is 0. The predicted octanol–water partition coefficient (Wildman–Crippen LogP) is 0.681. The minimum atomic E-state index is -0.846. The second-order valence-corrected chi connectivity index (χ2v) is 5.43. The number of carbonyl (C=O) groups excluding carboxylic acids is 3. The number of carbonyl (C=O) groups is 3. The van der Waals surface area contributed by atoms with Crippen molar-refractivity contribution in [2.24, 2.45) is 0 Å². The van der Waals surface area contributed by atoms with Crippen LogP contribution in [0.5, 0.6) is 5.75 Å². The number of methoxy groups -OCH3 is 1. The summed E-state index contributed by atoms with van der Waals surface area (Å²) in [6, 6.07) is 5.25. The van der Waals surface area contributed by atoms with Crippen molar-refractivity contribution >= 4 is 23.4 Å². The lowest BCUT2D eigenvalue weighted by atomic mass is 10.2. The standard InChI is InChI=1S/C16H21N3O4/c1-11-5-6-13(23-2)12(9-11)18-16(22)15(21)17-10-14(20)19-7-3-4-8-19/h5-6,9H,3-4,7-8,10H2,1-2H3,(H,17,21)(H,18,22). The zero-order chi connectivity index (χ0) is 16.8. The highest BCUT2D eigenvalue weighted by Gasteiger charge is 2.21. The van der Waals surface area contributed by atoms with Gasteiger partial charge in [-0.2, -0.15) is 0 Å². The molecule has 1 aliphatic heterocycles. The molecule has 3 amide bonds. The average molecular weight is 319 g/mol. The van der Waals surface area contributed by atoms with Gasteiger partial charge in [0.05, 0.1) is 19.3 Å². The van der Waals surface area contributed by atoms with Gasteiger partial charge in [0.1, 0.15) is 5.75 Å². The number of ether oxygens (including phenoxy) is 1. The molecule has 0 radical (unpaired) electrons. The molecule has 0 unspecified atom stereocenters. The molecule has 0 saturated carbocycles. The van der Waals surface area contributed by atoms with Crippen LogP contribution in [-0.4, -0.2) is 49.4 Å². The summed E-state index contributed by atoms with van der Waals surface area (Å²) in [5.41, 5.74) is 1.34. The third kappa shape index (κ3) is 4.45. The van der Waals surface area contributed by atoms with Gasteiger partial charge in [0.25, 0.3) is 0 Å². The summed E-state index contributed by atoms with van der Waals surface area (Å²) in [5, 5.41) is 4.84. The second-order valence-electron chi connectivity index (χ2n) is 5.43. The number of nitrogens with one attached hydrogen (secondary N) is 2. The Kier molecular flexibility index (Phi) is 5.56. The molecule has 0 aromatic heterocycles. The third-order valence-corrected chi connectivity index (χ3v) is 3.67. The largest absolute Gasteiger partial charge is 0.495 e. The van der Waals surface area contributed by atoms with Crippen LogP contribution in [0.3, 0.4) is 0 Å². The van der Waals surface area contributed by atoms with Crippen molar-refractivity contribution in [2.45, 2.75) is 19.8 Å². The smallest absolute Gasteiger partial charge is 0.313 e. The molecule has 0 spiro atoms. The van der Waals surface area contributed by atoms with Crippen molar-refractivity contribution in [2.75, 3.05) is 32.1 Å². The van der Waals surface area contributed by atoms with E-state index in [9.17, 15) is 14.4 Å². The molecule has 2 rings (SSSR count). The number of amides is 3. The summed E-state index contributed by atoms with van der Waals surface area (Å²) in [6.45, 7) is 3.11. The highest BCUT2D eigenvalue weighted by molar-refractivity contribution is 6.40. The molecule has 0 aliphatic carbocycles. The van der Waals surface area contributed by atoms with Crippen LogP contribution >= 0.6 is 0 Å². The monoisotopic (exact) mass is 319 g/mol. The van der Waals surface area contributed by atoms with E-state index in [1.165, 1.54) is 7.11 Å². The van der Waals surface area contributed by atoms with Crippen LogP contribution in [0.25, 0.3) is 0 Å². The van der Waals surface area contributed by atoms with Crippen molar-refractivity contribution in [3.63, 3.8) is 0 Å². The van der Waals surface area contributed by atoms with E-state index in [-0.39, 0.29) is 12.5 Å². The molecule has 124 valence electrons. The first-order valence-electron chi connectivity index (χ1n) is 7.53. The molecular formula is C16H21N3O4. The zero-order valence-electron chi connectivity index (χ0n) is 13.3. The first-order chi connectivity index (χ1) is 11.0. The fraction of sp³-hybridized carbons (Fsp3) is 0.438. The molecule has 1 aliphatic rings. The number of likely N-dealkylation sites (tertiary alicyclic amines) is 1. The number of aryl methyl sites for hydroxylation is 1. The SMILES string of the molecule is COc1ccc(C)cc1NC(=O)C(=O)NCC(=O)N1CCCC1. The van der Waals surface area contributed by atoms with E-state index in [0.717, 1.165) is 18.4 Å². The number of anilines is 1. The van der Waals surface area contributed by atoms with Gasteiger partial charge in [-0.3, -0.25) is 14.4 Å². The van der Waals surface area contributed by atoms with Gasteiger partial charge >= 0.3 is 11.8 Å². The number of benzene rings is 1. The first-order valence-corrected chi connectivity index (χ1v) is 7.53. The minimum absolute atomic E-state index is 0.169. The van der Waals surface area contributed by atoms with Gasteiger partial charge in [-0.05, 0) is 37.5 Å². The quantitative estimate of drug-likeness (QED) is 0.799. The van der Waals surface area contributed by atoms with Crippen LogP contribution in [0.1, 0.15) is 18.4 Å². The number of hydrogen-bond donors (Lipinski definition) is 2. The fourth-order valence-electron chi connectivity index (χ4n) is 2.41. The molecule has 1 saturated heterocycles. The van der Waals surface area contributed by atoms with E-state index in [1.807, 2.05) is 13.0 Å². The lowest BCUT2D eigenvalue weighted by Gasteiger charge is -2.15. The number of nitrogens with zero attached hydrogens (tertiary/aromatic N) is 1. The van der Waals surface area contributed by atoms with E-state index in [4.69, 9.17) is 4.74 Å². The van der Waals surface area contributed by atoms with Gasteiger partial charge in [-0.25, -0.2) is 0 Å². The van der Waals surface area contributed by atoms with E-state index >= 15 is 0 Å². The zero-order valence-corrected chi connectivity index (χ0v) is 13.3. The fourth-order valence-corrected chi connectivity index (χ4v) is 2.41. The third-order valence-electron chi connectivity index (χ3n) is 3.67. The lowest BCUT2D eigenvalue weighted by molar-refractivity contribution is -0.138. The van der Waals surface area contributed by atoms with E-state index < -0.39 is 11.8 Å². The molecule has 23 heavy (non-hydrogen) atoms. The summed E-state index contributed by atoms with van der Waals surface area (Å²) in [7, 11) is 1.48.